The van der Waals surface area contributed by atoms with Crippen molar-refractivity contribution < 1.29 is 21.6 Å². The molecule has 160 valence electrons. The van der Waals surface area contributed by atoms with Crippen molar-refractivity contribution in [3.05, 3.63) is 71.8 Å². The molecule has 1 aliphatic rings. The number of rotatable bonds is 4. The minimum Gasteiger partial charge on any atom is -0.272 e. The molecule has 0 N–H and O–H groups in total. The number of amides is 1. The van der Waals surface area contributed by atoms with Crippen LogP contribution in [0, 0.1) is 13.8 Å². The van der Waals surface area contributed by atoms with Crippen LogP contribution < -0.4 is 0 Å². The van der Waals surface area contributed by atoms with E-state index in [1.165, 1.54) is 31.2 Å². The third kappa shape index (κ3) is 4.05. The van der Waals surface area contributed by atoms with Gasteiger partial charge in [-0.05, 0) is 50.6 Å². The Morgan fingerprint density at radius 2 is 1.23 bits per heavy atom. The van der Waals surface area contributed by atoms with E-state index in [2.05, 4.69) is 6.58 Å². The van der Waals surface area contributed by atoms with Crippen molar-refractivity contribution in [2.45, 2.75) is 36.6 Å². The van der Waals surface area contributed by atoms with Crippen LogP contribution in [0.2, 0.25) is 0 Å². The molecule has 3 rings (SSSR count). The fourth-order valence-electron chi connectivity index (χ4n) is 3.20. The molecule has 1 atom stereocenters. The first kappa shape index (κ1) is 22.2. The van der Waals surface area contributed by atoms with Gasteiger partial charge < -0.3 is 0 Å². The van der Waals surface area contributed by atoms with Crippen LogP contribution in [0.15, 0.2) is 70.5 Å². The average Bonchev–Trinajstić information content (AvgIpc) is 2.80. The van der Waals surface area contributed by atoms with Gasteiger partial charge in [-0.2, -0.15) is 4.31 Å². The van der Waals surface area contributed by atoms with E-state index < -0.39 is 32.0 Å². The lowest BCUT2D eigenvalue weighted by atomic mass is 10.2. The fourth-order valence-corrected chi connectivity index (χ4v) is 6.29. The molecule has 0 aliphatic carbocycles. The van der Waals surface area contributed by atoms with Crippen molar-refractivity contribution in [2.75, 3.05) is 13.1 Å². The lowest BCUT2D eigenvalue weighted by Gasteiger charge is -2.27. The molecule has 1 unspecified atom stereocenters. The van der Waals surface area contributed by atoms with Crippen LogP contribution in [0.5, 0.6) is 0 Å². The van der Waals surface area contributed by atoms with E-state index in [0.717, 1.165) is 19.7 Å². The van der Waals surface area contributed by atoms with Gasteiger partial charge in [-0.25, -0.2) is 21.1 Å². The molecular weight excluding hydrogens is 424 g/mol. The molecule has 9 heteroatoms. The molecule has 1 amide bonds. The van der Waals surface area contributed by atoms with Crippen LogP contribution in [-0.4, -0.2) is 50.5 Å². The van der Waals surface area contributed by atoms with Gasteiger partial charge >= 0.3 is 0 Å². The van der Waals surface area contributed by atoms with E-state index >= 15 is 0 Å². The lowest BCUT2D eigenvalue weighted by Crippen LogP contribution is -2.48. The number of hydrogen-bond acceptors (Lipinski definition) is 5. The molecule has 0 saturated carbocycles. The monoisotopic (exact) mass is 448 g/mol. The van der Waals surface area contributed by atoms with E-state index in [1.54, 1.807) is 24.3 Å². The van der Waals surface area contributed by atoms with Gasteiger partial charge in [0.05, 0.1) is 16.3 Å². The molecule has 2 aromatic rings. The first-order valence-electron chi connectivity index (χ1n) is 9.33. The molecular formula is C21H24N2O5S2. The highest BCUT2D eigenvalue weighted by molar-refractivity contribution is 7.90. The van der Waals surface area contributed by atoms with Crippen LogP contribution in [0.25, 0.3) is 0 Å². The summed E-state index contributed by atoms with van der Waals surface area (Å²) in [5, 5.41) is 0. The second kappa shape index (κ2) is 7.98. The predicted octanol–water partition coefficient (Wildman–Crippen LogP) is 2.47. The van der Waals surface area contributed by atoms with Gasteiger partial charge in [0.1, 0.15) is 6.04 Å². The number of hydrogen-bond donors (Lipinski definition) is 0. The normalized spacial score (nSPS) is 19.0. The average molecular weight is 449 g/mol. The number of nitrogens with zero attached hydrogens (tertiary/aromatic N) is 2. The highest BCUT2D eigenvalue weighted by Crippen LogP contribution is 2.27. The summed E-state index contributed by atoms with van der Waals surface area (Å²) in [5.41, 5.74) is 2.08. The molecule has 0 spiro atoms. The minimum atomic E-state index is -4.15. The topological polar surface area (TPSA) is 91.8 Å². The fraction of sp³-hybridized carbons (Fsp3) is 0.286. The Morgan fingerprint density at radius 3 is 1.70 bits per heavy atom. The maximum absolute atomic E-state index is 13.2. The van der Waals surface area contributed by atoms with Crippen LogP contribution in [0.1, 0.15) is 18.1 Å². The number of benzene rings is 2. The summed E-state index contributed by atoms with van der Waals surface area (Å²) in [7, 11) is -8.18. The van der Waals surface area contributed by atoms with Gasteiger partial charge in [0.15, 0.2) is 0 Å². The quantitative estimate of drug-likeness (QED) is 0.670. The van der Waals surface area contributed by atoms with E-state index in [0.29, 0.717) is 5.57 Å². The summed E-state index contributed by atoms with van der Waals surface area (Å²) in [6.45, 7) is 8.45. The van der Waals surface area contributed by atoms with Gasteiger partial charge in [-0.3, -0.25) is 4.79 Å². The first-order valence-corrected chi connectivity index (χ1v) is 12.2. The van der Waals surface area contributed by atoms with E-state index in [9.17, 15) is 21.6 Å². The van der Waals surface area contributed by atoms with Crippen molar-refractivity contribution in [2.24, 2.45) is 0 Å². The number of carbonyl (C=O) groups is 1. The summed E-state index contributed by atoms with van der Waals surface area (Å²) >= 11 is 0. The largest absolute Gasteiger partial charge is 0.272 e. The number of aryl methyl sites for hydroxylation is 2. The predicted molar refractivity (Wildman–Crippen MR) is 114 cm³/mol. The molecule has 0 radical (unpaired) electrons. The Kier molecular flexibility index (Phi) is 5.90. The van der Waals surface area contributed by atoms with Crippen LogP contribution in [0.3, 0.4) is 0 Å². The summed E-state index contributed by atoms with van der Waals surface area (Å²) < 4.78 is 54.3. The Labute approximate surface area is 177 Å². The third-order valence-corrected chi connectivity index (χ3v) is 8.71. The van der Waals surface area contributed by atoms with Gasteiger partial charge in [0.25, 0.3) is 15.9 Å². The van der Waals surface area contributed by atoms with Gasteiger partial charge in [-0.1, -0.05) is 42.0 Å². The van der Waals surface area contributed by atoms with Crippen molar-refractivity contribution in [1.82, 2.24) is 8.61 Å². The van der Waals surface area contributed by atoms with Gasteiger partial charge in [0.2, 0.25) is 10.0 Å². The molecule has 1 saturated heterocycles. The highest BCUT2D eigenvalue weighted by atomic mass is 32.2. The molecule has 2 aromatic carbocycles. The van der Waals surface area contributed by atoms with Crippen LogP contribution in [0.4, 0.5) is 0 Å². The molecule has 0 bridgehead atoms. The second-order valence-electron chi connectivity index (χ2n) is 7.45. The summed E-state index contributed by atoms with van der Waals surface area (Å²) in [6, 6.07) is 11.2. The molecule has 1 aliphatic heterocycles. The number of sulfonamides is 2. The highest BCUT2D eigenvalue weighted by Gasteiger charge is 2.42. The Balaban J connectivity index is 2.01. The maximum Gasteiger partial charge on any atom is 0.266 e. The number of carbonyl (C=O) groups excluding carboxylic acids is 1. The first-order chi connectivity index (χ1) is 13.9. The molecule has 1 heterocycles. The summed E-state index contributed by atoms with van der Waals surface area (Å²) in [6.07, 6.45) is 0. The molecule has 30 heavy (non-hydrogen) atoms. The zero-order valence-corrected chi connectivity index (χ0v) is 18.7. The van der Waals surface area contributed by atoms with E-state index in [4.69, 9.17) is 0 Å². The lowest BCUT2D eigenvalue weighted by molar-refractivity contribution is -0.128. The molecule has 7 nitrogen and oxygen atoms in total. The van der Waals surface area contributed by atoms with E-state index in [-0.39, 0.29) is 22.9 Å². The van der Waals surface area contributed by atoms with Crippen molar-refractivity contribution in [3.8, 4) is 0 Å². The van der Waals surface area contributed by atoms with Crippen LogP contribution >= 0.6 is 0 Å². The minimum absolute atomic E-state index is 0.0312. The van der Waals surface area contributed by atoms with Crippen molar-refractivity contribution >= 4 is 26.0 Å². The Bertz CT molecular complexity index is 1180. The van der Waals surface area contributed by atoms with Gasteiger partial charge in [0, 0.05) is 6.54 Å². The standard InChI is InChI=1S/C21H24N2O5S2/c1-15-5-9-19(10-6-15)29(25,26)22-13-17(3)14-23(21(24)18(22)4)30(27,28)20-11-7-16(2)8-12-20/h5-12,18H,3,13-14H2,1-2,4H3. The SMILES string of the molecule is C=C1CN(S(=O)(=O)c2ccc(C)cc2)C(=O)C(C)N(S(=O)(=O)c2ccc(C)cc2)C1. The second-order valence-corrected chi connectivity index (χ2v) is 11.2. The Morgan fingerprint density at radius 1 is 0.800 bits per heavy atom. The van der Waals surface area contributed by atoms with Crippen molar-refractivity contribution in [1.29, 1.82) is 0 Å². The van der Waals surface area contributed by atoms with Crippen LogP contribution in [-0.2, 0) is 24.8 Å². The third-order valence-electron chi connectivity index (χ3n) is 5.02. The van der Waals surface area contributed by atoms with Crippen molar-refractivity contribution in [3.63, 3.8) is 0 Å². The maximum atomic E-state index is 13.2. The zero-order valence-electron chi connectivity index (χ0n) is 17.1. The summed E-state index contributed by atoms with van der Waals surface area (Å²) in [5.74, 6) is -0.815. The molecule has 1 fully saturated rings. The zero-order chi connectivity index (χ0) is 22.3. The van der Waals surface area contributed by atoms with Gasteiger partial charge in [-0.15, -0.1) is 0 Å². The van der Waals surface area contributed by atoms with E-state index in [1.807, 2.05) is 13.8 Å². The molecule has 0 aromatic heterocycles. The summed E-state index contributed by atoms with van der Waals surface area (Å²) in [4.78, 5) is 13.1. The smallest absolute Gasteiger partial charge is 0.266 e. The Hall–Kier alpha value is -2.49.